The molecule has 5 nitrogen and oxygen atoms in total. The molecule has 0 aromatic carbocycles. The first kappa shape index (κ1) is 9.95. The lowest BCUT2D eigenvalue weighted by atomic mass is 9.97. The fraction of sp³-hybridized carbons (Fsp3) is 1.00. The maximum absolute atomic E-state index is 9.08. The van der Waals surface area contributed by atoms with Gasteiger partial charge in [-0.05, 0) is 12.8 Å². The van der Waals surface area contributed by atoms with Gasteiger partial charge in [-0.1, -0.05) is 0 Å². The van der Waals surface area contributed by atoms with Gasteiger partial charge in [-0.25, -0.2) is 0 Å². The van der Waals surface area contributed by atoms with Crippen molar-refractivity contribution < 1.29 is 9.84 Å². The third-order valence-corrected chi connectivity index (χ3v) is 2.07. The third-order valence-electron chi connectivity index (χ3n) is 2.07. The summed E-state index contributed by atoms with van der Waals surface area (Å²) in [7, 11) is 1.96. The molecule has 0 saturated carbocycles. The number of nitrogens with two attached hydrogens (primary N) is 2. The van der Waals surface area contributed by atoms with E-state index in [1.54, 1.807) is 0 Å². The maximum Gasteiger partial charge on any atom is 0.144 e. The van der Waals surface area contributed by atoms with E-state index in [0.29, 0.717) is 0 Å². The molecule has 1 saturated heterocycles. The van der Waals surface area contributed by atoms with E-state index in [1.165, 1.54) is 0 Å². The number of aliphatic hydroxyl groups excluding tert-OH is 1. The van der Waals surface area contributed by atoms with Gasteiger partial charge in [0.15, 0.2) is 0 Å². The van der Waals surface area contributed by atoms with Gasteiger partial charge >= 0.3 is 0 Å². The molecule has 6 N–H and O–H groups in total. The van der Waals surface area contributed by atoms with Crippen LogP contribution in [-0.2, 0) is 4.74 Å². The Hall–Kier alpha value is -0.135. The average Bonchev–Trinajstić information content (AvgIpc) is 2.32. The van der Waals surface area contributed by atoms with Gasteiger partial charge in [-0.15, -0.1) is 0 Å². The first-order valence-corrected chi connectivity index (χ1v) is 4.15. The van der Waals surface area contributed by atoms with Crippen molar-refractivity contribution >= 4 is 7.85 Å². The number of ether oxygens (including phenoxy) is 1. The summed E-state index contributed by atoms with van der Waals surface area (Å²) in [5, 5.41) is 11.9. The van der Waals surface area contributed by atoms with Crippen LogP contribution in [0.1, 0.15) is 12.8 Å². The highest BCUT2D eigenvalue weighted by Crippen LogP contribution is 2.25. The van der Waals surface area contributed by atoms with Gasteiger partial charge in [0.25, 0.3) is 0 Å². The molecule has 0 bridgehead atoms. The van der Waals surface area contributed by atoms with Crippen molar-refractivity contribution in [2.24, 2.45) is 11.5 Å². The monoisotopic (exact) mass is 173 g/mol. The molecule has 0 amide bonds. The van der Waals surface area contributed by atoms with Gasteiger partial charge in [0.1, 0.15) is 19.9 Å². The highest BCUT2D eigenvalue weighted by atomic mass is 16.5. The molecule has 6 heteroatoms. The van der Waals surface area contributed by atoms with Gasteiger partial charge < -0.3 is 21.3 Å². The lowest BCUT2D eigenvalue weighted by molar-refractivity contribution is -0.0805. The molecule has 1 unspecified atom stereocenters. The molecule has 12 heavy (non-hydrogen) atoms. The number of hydrogen-bond donors (Lipinski definition) is 4. The fourth-order valence-electron chi connectivity index (χ4n) is 1.51. The number of nitrogens with one attached hydrogen (secondary N) is 1. The SMILES string of the molecule is BC1CC[C@](CO)(NC(N)N)O1. The van der Waals surface area contributed by atoms with E-state index in [-0.39, 0.29) is 12.6 Å². The van der Waals surface area contributed by atoms with E-state index < -0.39 is 12.0 Å². The second-order valence-electron chi connectivity index (χ2n) is 3.29. The molecular weight excluding hydrogens is 157 g/mol. The van der Waals surface area contributed by atoms with Crippen LogP contribution in [0.4, 0.5) is 0 Å². The molecule has 1 aliphatic heterocycles. The van der Waals surface area contributed by atoms with Crippen LogP contribution in [0.15, 0.2) is 0 Å². The zero-order valence-corrected chi connectivity index (χ0v) is 7.29. The Labute approximate surface area is 72.8 Å². The minimum Gasteiger partial charge on any atom is -0.392 e. The van der Waals surface area contributed by atoms with Gasteiger partial charge in [0.05, 0.1) is 6.61 Å². The van der Waals surface area contributed by atoms with Crippen LogP contribution >= 0.6 is 0 Å². The van der Waals surface area contributed by atoms with Crippen LogP contribution in [0.2, 0.25) is 0 Å². The zero-order valence-electron chi connectivity index (χ0n) is 7.29. The quantitative estimate of drug-likeness (QED) is 0.274. The predicted molar refractivity (Wildman–Crippen MR) is 47.8 cm³/mol. The Balaban J connectivity index is 2.52. The Morgan fingerprint density at radius 3 is 2.75 bits per heavy atom. The summed E-state index contributed by atoms with van der Waals surface area (Å²) in [6, 6.07) is 0.156. The lowest BCUT2D eigenvalue weighted by Crippen LogP contribution is -2.59. The van der Waals surface area contributed by atoms with Crippen LogP contribution in [0, 0.1) is 0 Å². The molecule has 1 heterocycles. The first-order valence-electron chi connectivity index (χ1n) is 4.15. The van der Waals surface area contributed by atoms with E-state index >= 15 is 0 Å². The number of rotatable bonds is 3. The Morgan fingerprint density at radius 1 is 1.75 bits per heavy atom. The molecule has 1 rings (SSSR count). The third kappa shape index (κ3) is 2.18. The Bertz CT molecular complexity index is 158. The fourth-order valence-corrected chi connectivity index (χ4v) is 1.51. The van der Waals surface area contributed by atoms with Gasteiger partial charge in [-0.2, -0.15) is 0 Å². The summed E-state index contributed by atoms with van der Waals surface area (Å²) in [6.07, 6.45) is 1.01. The van der Waals surface area contributed by atoms with Crippen LogP contribution in [0.3, 0.4) is 0 Å². The highest BCUT2D eigenvalue weighted by molar-refractivity contribution is 6.11. The minimum absolute atomic E-state index is 0.0950. The van der Waals surface area contributed by atoms with Crippen molar-refractivity contribution in [2.45, 2.75) is 30.9 Å². The van der Waals surface area contributed by atoms with Gasteiger partial charge in [-0.3, -0.25) is 5.32 Å². The number of aliphatic hydroxyl groups is 1. The average molecular weight is 173 g/mol. The van der Waals surface area contributed by atoms with Crippen LogP contribution in [0.25, 0.3) is 0 Å². The summed E-state index contributed by atoms with van der Waals surface area (Å²) in [5.41, 5.74) is 9.99. The van der Waals surface area contributed by atoms with Gasteiger partial charge in [0.2, 0.25) is 0 Å². The smallest absolute Gasteiger partial charge is 0.144 e. The topological polar surface area (TPSA) is 93.5 Å². The minimum atomic E-state index is -0.715. The molecule has 0 aromatic heterocycles. The summed E-state index contributed by atoms with van der Waals surface area (Å²) >= 11 is 0. The molecule has 0 aliphatic carbocycles. The molecular formula is C6H16BN3O2. The molecule has 1 fully saturated rings. The summed E-state index contributed by atoms with van der Waals surface area (Å²) < 4.78 is 5.49. The van der Waals surface area contributed by atoms with Crippen molar-refractivity contribution in [2.75, 3.05) is 6.61 Å². The van der Waals surface area contributed by atoms with Crippen molar-refractivity contribution in [1.29, 1.82) is 0 Å². The predicted octanol–water partition coefficient (Wildman–Crippen LogP) is -2.76. The van der Waals surface area contributed by atoms with E-state index in [0.717, 1.165) is 12.8 Å². The Morgan fingerprint density at radius 2 is 2.42 bits per heavy atom. The van der Waals surface area contributed by atoms with E-state index in [2.05, 4.69) is 5.32 Å². The lowest BCUT2D eigenvalue weighted by Gasteiger charge is -2.30. The van der Waals surface area contributed by atoms with Gasteiger partial charge in [0, 0.05) is 6.00 Å². The van der Waals surface area contributed by atoms with Crippen molar-refractivity contribution in [1.82, 2.24) is 5.32 Å². The zero-order chi connectivity index (χ0) is 9.19. The first-order chi connectivity index (χ1) is 5.58. The maximum atomic E-state index is 9.08. The van der Waals surface area contributed by atoms with E-state index in [4.69, 9.17) is 21.3 Å². The van der Waals surface area contributed by atoms with Crippen molar-refractivity contribution in [3.8, 4) is 0 Å². The largest absolute Gasteiger partial charge is 0.392 e. The van der Waals surface area contributed by atoms with Crippen LogP contribution in [-0.4, -0.2) is 37.6 Å². The molecule has 1 aliphatic rings. The number of hydrogen-bond acceptors (Lipinski definition) is 5. The molecule has 0 spiro atoms. The summed E-state index contributed by atoms with van der Waals surface area (Å²) in [6.45, 7) is -0.0950. The van der Waals surface area contributed by atoms with E-state index in [1.807, 2.05) is 7.85 Å². The van der Waals surface area contributed by atoms with Crippen molar-refractivity contribution in [3.63, 3.8) is 0 Å². The Kier molecular flexibility index (Phi) is 3.08. The normalized spacial score (nSPS) is 36.2. The second-order valence-corrected chi connectivity index (χ2v) is 3.29. The summed E-state index contributed by atoms with van der Waals surface area (Å²) in [4.78, 5) is 0. The molecule has 70 valence electrons. The highest BCUT2D eigenvalue weighted by Gasteiger charge is 2.38. The molecule has 2 atom stereocenters. The molecule has 0 aromatic rings. The molecule has 0 radical (unpaired) electrons. The standard InChI is InChI=1S/C6H16BN3O2/c7-4-1-2-6(3-11,12-4)10-5(8)9/h4-5,10-11H,1-3,7-9H2/t4?,6-/m0/s1. The van der Waals surface area contributed by atoms with Crippen LogP contribution < -0.4 is 16.8 Å². The van der Waals surface area contributed by atoms with Crippen LogP contribution in [0.5, 0.6) is 0 Å². The second kappa shape index (κ2) is 3.72. The summed E-state index contributed by atoms with van der Waals surface area (Å²) in [5.74, 6) is 0. The van der Waals surface area contributed by atoms with E-state index in [9.17, 15) is 0 Å². The van der Waals surface area contributed by atoms with Crippen molar-refractivity contribution in [3.05, 3.63) is 0 Å².